The first-order valence-electron chi connectivity index (χ1n) is 6.37. The normalized spacial score (nSPS) is 10.7. The van der Waals surface area contributed by atoms with E-state index in [9.17, 15) is 4.79 Å². The molecule has 0 saturated carbocycles. The van der Waals surface area contributed by atoms with Gasteiger partial charge in [0.2, 0.25) is 0 Å². The van der Waals surface area contributed by atoms with Gasteiger partial charge in [-0.3, -0.25) is 4.79 Å². The van der Waals surface area contributed by atoms with E-state index in [2.05, 4.69) is 0 Å². The van der Waals surface area contributed by atoms with Crippen LogP contribution in [0.25, 0.3) is 22.3 Å². The first-order valence-corrected chi connectivity index (χ1v) is 6.37. The summed E-state index contributed by atoms with van der Waals surface area (Å²) in [5.74, 6) is 1.21. The molecule has 3 heteroatoms. The third-order valence-corrected chi connectivity index (χ3v) is 3.32. The number of para-hydroxylation sites is 2. The Labute approximate surface area is 116 Å². The quantitative estimate of drug-likeness (QED) is 0.708. The lowest BCUT2D eigenvalue weighted by atomic mass is 10.1. The third-order valence-electron chi connectivity index (χ3n) is 3.32. The summed E-state index contributed by atoms with van der Waals surface area (Å²) in [6.45, 7) is 1.93. The molecule has 0 saturated heterocycles. The van der Waals surface area contributed by atoms with E-state index in [-0.39, 0.29) is 5.43 Å². The largest absolute Gasteiger partial charge is 0.496 e. The summed E-state index contributed by atoms with van der Waals surface area (Å²) in [6.07, 6.45) is 0. The summed E-state index contributed by atoms with van der Waals surface area (Å²) < 4.78 is 11.2. The van der Waals surface area contributed by atoms with Gasteiger partial charge in [-0.2, -0.15) is 0 Å². The van der Waals surface area contributed by atoms with Crippen LogP contribution in [0.1, 0.15) is 5.56 Å². The molecule has 1 aromatic heterocycles. The molecule has 100 valence electrons. The minimum Gasteiger partial charge on any atom is -0.496 e. The van der Waals surface area contributed by atoms with Crippen molar-refractivity contribution in [1.29, 1.82) is 0 Å². The molecule has 0 fully saturated rings. The molecule has 3 rings (SSSR count). The second-order valence-corrected chi connectivity index (χ2v) is 4.63. The van der Waals surface area contributed by atoms with Gasteiger partial charge in [-0.25, -0.2) is 0 Å². The Kier molecular flexibility index (Phi) is 3.03. The van der Waals surface area contributed by atoms with Crippen LogP contribution in [0.2, 0.25) is 0 Å². The molecule has 3 aromatic rings. The summed E-state index contributed by atoms with van der Waals surface area (Å²) in [6, 6.07) is 14.6. The van der Waals surface area contributed by atoms with Crippen LogP contribution < -0.4 is 10.2 Å². The molecule has 0 aliphatic carbocycles. The minimum atomic E-state index is -0.0455. The fourth-order valence-electron chi connectivity index (χ4n) is 2.30. The fraction of sp³-hybridized carbons (Fsp3) is 0.118. The zero-order chi connectivity index (χ0) is 14.1. The van der Waals surface area contributed by atoms with Gasteiger partial charge in [0.25, 0.3) is 0 Å². The lowest BCUT2D eigenvalue weighted by molar-refractivity contribution is 0.415. The van der Waals surface area contributed by atoms with Crippen molar-refractivity contribution in [1.82, 2.24) is 0 Å². The number of hydrogen-bond donors (Lipinski definition) is 0. The third kappa shape index (κ3) is 1.97. The maximum absolute atomic E-state index is 12.2. The molecule has 0 N–H and O–H groups in total. The molecule has 20 heavy (non-hydrogen) atoms. The van der Waals surface area contributed by atoms with Crippen LogP contribution in [-0.2, 0) is 0 Å². The maximum atomic E-state index is 12.2. The molecule has 3 nitrogen and oxygen atoms in total. The predicted molar refractivity (Wildman–Crippen MR) is 79.2 cm³/mol. The Morgan fingerprint density at radius 3 is 2.65 bits per heavy atom. The van der Waals surface area contributed by atoms with Crippen LogP contribution >= 0.6 is 0 Å². The number of rotatable bonds is 2. The van der Waals surface area contributed by atoms with Crippen molar-refractivity contribution in [3.05, 3.63) is 64.3 Å². The van der Waals surface area contributed by atoms with Gasteiger partial charge < -0.3 is 9.15 Å². The number of benzene rings is 2. The molecule has 0 amide bonds. The Bertz CT molecular complexity index is 831. The Hall–Kier alpha value is -2.55. The van der Waals surface area contributed by atoms with Gasteiger partial charge in [0.05, 0.1) is 18.1 Å². The summed E-state index contributed by atoms with van der Waals surface area (Å²) in [5.41, 5.74) is 2.30. The van der Waals surface area contributed by atoms with Gasteiger partial charge in [-0.1, -0.05) is 24.3 Å². The Morgan fingerprint density at radius 1 is 1.05 bits per heavy atom. The van der Waals surface area contributed by atoms with Crippen LogP contribution in [0.3, 0.4) is 0 Å². The van der Waals surface area contributed by atoms with Crippen LogP contribution in [0.15, 0.2) is 57.7 Å². The fourth-order valence-corrected chi connectivity index (χ4v) is 2.30. The van der Waals surface area contributed by atoms with E-state index >= 15 is 0 Å². The van der Waals surface area contributed by atoms with Crippen LogP contribution in [0.5, 0.6) is 5.75 Å². The maximum Gasteiger partial charge on any atom is 0.193 e. The number of aryl methyl sites for hydroxylation is 1. The molecule has 0 aliphatic rings. The van der Waals surface area contributed by atoms with Crippen molar-refractivity contribution in [2.24, 2.45) is 0 Å². The highest BCUT2D eigenvalue weighted by Gasteiger charge is 2.11. The van der Waals surface area contributed by atoms with Crippen LogP contribution in [0.4, 0.5) is 0 Å². The van der Waals surface area contributed by atoms with E-state index in [4.69, 9.17) is 9.15 Å². The van der Waals surface area contributed by atoms with Gasteiger partial charge >= 0.3 is 0 Å². The Morgan fingerprint density at radius 2 is 1.85 bits per heavy atom. The van der Waals surface area contributed by atoms with E-state index in [1.165, 1.54) is 6.07 Å². The molecule has 1 heterocycles. The summed E-state index contributed by atoms with van der Waals surface area (Å²) in [7, 11) is 1.60. The molecule has 0 radical (unpaired) electrons. The highest BCUT2D eigenvalue weighted by atomic mass is 16.5. The second kappa shape index (κ2) is 4.85. The van der Waals surface area contributed by atoms with Gasteiger partial charge in [-0.15, -0.1) is 0 Å². The number of methoxy groups -OCH3 is 1. The monoisotopic (exact) mass is 266 g/mol. The van der Waals surface area contributed by atoms with E-state index in [0.29, 0.717) is 22.5 Å². The van der Waals surface area contributed by atoms with E-state index in [1.807, 2.05) is 43.3 Å². The van der Waals surface area contributed by atoms with Crippen molar-refractivity contribution in [2.45, 2.75) is 6.92 Å². The van der Waals surface area contributed by atoms with Crippen LogP contribution in [0, 0.1) is 6.92 Å². The van der Waals surface area contributed by atoms with Crippen molar-refractivity contribution in [3.63, 3.8) is 0 Å². The smallest absolute Gasteiger partial charge is 0.193 e. The molecular weight excluding hydrogens is 252 g/mol. The second-order valence-electron chi connectivity index (χ2n) is 4.63. The molecule has 0 aliphatic heterocycles. The zero-order valence-corrected chi connectivity index (χ0v) is 11.3. The predicted octanol–water partition coefficient (Wildman–Crippen LogP) is 3.78. The van der Waals surface area contributed by atoms with Crippen molar-refractivity contribution in [3.8, 4) is 17.1 Å². The molecule has 0 atom stereocenters. The summed E-state index contributed by atoms with van der Waals surface area (Å²) in [5, 5.41) is 0.601. The average Bonchev–Trinajstić information content (AvgIpc) is 2.48. The standard InChI is InChI=1S/C17H14O3/c1-11-6-5-8-12-14(18)10-16(20-17(11)12)13-7-3-4-9-15(13)19-2/h3-10H,1-2H3. The van der Waals surface area contributed by atoms with E-state index < -0.39 is 0 Å². The van der Waals surface area contributed by atoms with Crippen molar-refractivity contribution in [2.75, 3.05) is 7.11 Å². The number of fused-ring (bicyclic) bond motifs is 1. The summed E-state index contributed by atoms with van der Waals surface area (Å²) >= 11 is 0. The average molecular weight is 266 g/mol. The molecule has 2 aromatic carbocycles. The van der Waals surface area contributed by atoms with Crippen molar-refractivity contribution >= 4 is 11.0 Å². The summed E-state index contributed by atoms with van der Waals surface area (Å²) in [4.78, 5) is 12.2. The number of ether oxygens (including phenoxy) is 1. The van der Waals surface area contributed by atoms with Gasteiger partial charge in [0, 0.05) is 6.07 Å². The van der Waals surface area contributed by atoms with Crippen molar-refractivity contribution < 1.29 is 9.15 Å². The lowest BCUT2D eigenvalue weighted by Crippen LogP contribution is -2.01. The topological polar surface area (TPSA) is 39.4 Å². The molecule has 0 spiro atoms. The molecular formula is C17H14O3. The van der Waals surface area contributed by atoms with Gasteiger partial charge in [0.1, 0.15) is 17.1 Å². The lowest BCUT2D eigenvalue weighted by Gasteiger charge is -2.08. The van der Waals surface area contributed by atoms with Gasteiger partial charge in [0.15, 0.2) is 5.43 Å². The van der Waals surface area contributed by atoms with E-state index in [1.54, 1.807) is 13.2 Å². The first-order chi connectivity index (χ1) is 9.70. The van der Waals surface area contributed by atoms with Gasteiger partial charge in [-0.05, 0) is 30.7 Å². The van der Waals surface area contributed by atoms with E-state index in [0.717, 1.165) is 11.1 Å². The molecule has 0 bridgehead atoms. The number of hydrogen-bond acceptors (Lipinski definition) is 3. The zero-order valence-electron chi connectivity index (χ0n) is 11.3. The highest BCUT2D eigenvalue weighted by molar-refractivity contribution is 5.82. The first kappa shape index (κ1) is 12.5. The van der Waals surface area contributed by atoms with Crippen LogP contribution in [-0.4, -0.2) is 7.11 Å². The molecule has 0 unspecified atom stereocenters. The Balaban J connectivity index is 2.33. The minimum absolute atomic E-state index is 0.0455. The highest BCUT2D eigenvalue weighted by Crippen LogP contribution is 2.30. The SMILES string of the molecule is COc1ccccc1-c1cc(=O)c2cccc(C)c2o1.